The smallest absolute Gasteiger partial charge is 0.267 e. The van der Waals surface area contributed by atoms with Gasteiger partial charge in [-0.1, -0.05) is 54.2 Å². The number of amides is 2. The highest BCUT2D eigenvalue weighted by Gasteiger charge is 2.33. The molecule has 2 aliphatic heterocycles. The second kappa shape index (κ2) is 10.4. The molecule has 9 heteroatoms. The number of nitrogens with zero attached hydrogens (tertiary/aromatic N) is 4. The fourth-order valence-corrected chi connectivity index (χ4v) is 4.91. The highest BCUT2D eigenvalue weighted by atomic mass is 32.2. The number of hydrogen-bond acceptors (Lipinski definition) is 7. The van der Waals surface area contributed by atoms with Crippen molar-refractivity contribution < 1.29 is 19.1 Å². The predicted octanol–water partition coefficient (Wildman–Crippen LogP) is 3.05. The highest BCUT2D eigenvalue weighted by molar-refractivity contribution is 7.99. The van der Waals surface area contributed by atoms with Crippen molar-refractivity contribution in [1.29, 1.82) is 0 Å². The van der Waals surface area contributed by atoms with E-state index in [-0.39, 0.29) is 24.2 Å². The number of rotatable bonds is 5. The van der Waals surface area contributed by atoms with Gasteiger partial charge in [0.2, 0.25) is 12.0 Å². The molecule has 0 unspecified atom stereocenters. The number of carbonyl (C=O) groups is 2. The zero-order valence-electron chi connectivity index (χ0n) is 19.4. The first-order valence-electron chi connectivity index (χ1n) is 11.6. The van der Waals surface area contributed by atoms with Crippen LogP contribution in [0.2, 0.25) is 0 Å². The first-order valence-corrected chi connectivity index (χ1v) is 12.5. The summed E-state index contributed by atoms with van der Waals surface area (Å²) in [6.07, 6.45) is -0.667. The summed E-state index contributed by atoms with van der Waals surface area (Å²) in [4.78, 5) is 38.4. The van der Waals surface area contributed by atoms with Gasteiger partial charge in [0, 0.05) is 37.4 Å². The van der Waals surface area contributed by atoms with E-state index in [0.29, 0.717) is 42.8 Å². The van der Waals surface area contributed by atoms with Gasteiger partial charge in [0.05, 0.1) is 11.4 Å². The van der Waals surface area contributed by atoms with Gasteiger partial charge >= 0.3 is 0 Å². The number of benzene rings is 2. The summed E-state index contributed by atoms with van der Waals surface area (Å²) in [5, 5.41) is 0.584. The molecule has 0 saturated carbocycles. The minimum atomic E-state index is -0.667. The maximum absolute atomic E-state index is 12.9. The standard InChI is InChI=1S/C26H26N4O4S/c1-18-15-20(19-7-3-2-4-8-19)28-26(27-18)35-17-24(31)29-11-13-30(14-12-29)25(32)23-16-33-21-9-5-6-10-22(21)34-23/h2-10,15,23H,11-14,16-17H2,1H3/t23-/m1/s1. The minimum Gasteiger partial charge on any atom is -0.485 e. The molecule has 2 aliphatic rings. The maximum atomic E-state index is 12.9. The highest BCUT2D eigenvalue weighted by Crippen LogP contribution is 2.31. The summed E-state index contributed by atoms with van der Waals surface area (Å²) < 4.78 is 11.5. The van der Waals surface area contributed by atoms with E-state index in [1.807, 2.05) is 61.5 Å². The Labute approximate surface area is 208 Å². The van der Waals surface area contributed by atoms with Crippen molar-refractivity contribution in [3.05, 3.63) is 66.4 Å². The number of piperazine rings is 1. The van der Waals surface area contributed by atoms with E-state index in [2.05, 4.69) is 9.97 Å². The van der Waals surface area contributed by atoms with Gasteiger partial charge in [0.15, 0.2) is 16.7 Å². The van der Waals surface area contributed by atoms with Crippen molar-refractivity contribution in [2.24, 2.45) is 0 Å². The third kappa shape index (κ3) is 5.40. The van der Waals surface area contributed by atoms with Crippen LogP contribution in [0, 0.1) is 6.92 Å². The van der Waals surface area contributed by atoms with Crippen molar-refractivity contribution in [3.8, 4) is 22.8 Å². The molecule has 1 atom stereocenters. The van der Waals surface area contributed by atoms with Crippen molar-refractivity contribution in [2.45, 2.75) is 18.2 Å². The summed E-state index contributed by atoms with van der Waals surface area (Å²) >= 11 is 1.34. The molecule has 0 N–H and O–H groups in total. The number of para-hydroxylation sites is 2. The van der Waals surface area contributed by atoms with Crippen LogP contribution in [-0.4, -0.2) is 76.2 Å². The summed E-state index contributed by atoms with van der Waals surface area (Å²) in [7, 11) is 0. The monoisotopic (exact) mass is 490 g/mol. The number of aryl methyl sites for hydroxylation is 1. The number of aromatic nitrogens is 2. The third-order valence-electron chi connectivity index (χ3n) is 5.96. The lowest BCUT2D eigenvalue weighted by Crippen LogP contribution is -2.55. The molecule has 2 aromatic carbocycles. The van der Waals surface area contributed by atoms with Crippen LogP contribution in [-0.2, 0) is 9.59 Å². The first-order chi connectivity index (χ1) is 17.1. The van der Waals surface area contributed by atoms with Crippen LogP contribution >= 0.6 is 11.8 Å². The van der Waals surface area contributed by atoms with Gasteiger partial charge in [-0.3, -0.25) is 9.59 Å². The number of ether oxygens (including phenoxy) is 2. The van der Waals surface area contributed by atoms with Crippen LogP contribution < -0.4 is 9.47 Å². The van der Waals surface area contributed by atoms with Crippen LogP contribution in [0.25, 0.3) is 11.3 Å². The molecule has 180 valence electrons. The largest absolute Gasteiger partial charge is 0.485 e. The van der Waals surface area contributed by atoms with Gasteiger partial charge in [-0.15, -0.1) is 0 Å². The Kier molecular flexibility index (Phi) is 6.85. The Morgan fingerprint density at radius 1 is 0.943 bits per heavy atom. The molecule has 0 spiro atoms. The van der Waals surface area contributed by atoms with E-state index in [9.17, 15) is 9.59 Å². The normalized spacial score (nSPS) is 17.2. The molecular formula is C26H26N4O4S. The zero-order chi connectivity index (χ0) is 24.2. The second-order valence-corrected chi connectivity index (χ2v) is 9.34. The van der Waals surface area contributed by atoms with E-state index >= 15 is 0 Å². The number of carbonyl (C=O) groups excluding carboxylic acids is 2. The van der Waals surface area contributed by atoms with Crippen LogP contribution in [0.1, 0.15) is 5.69 Å². The Hall–Kier alpha value is -3.59. The summed E-state index contributed by atoms with van der Waals surface area (Å²) in [6, 6.07) is 19.2. The van der Waals surface area contributed by atoms with Crippen molar-refractivity contribution in [2.75, 3.05) is 38.5 Å². The van der Waals surface area contributed by atoms with Gasteiger partial charge in [0.1, 0.15) is 6.61 Å². The van der Waals surface area contributed by atoms with E-state index < -0.39 is 6.10 Å². The molecule has 8 nitrogen and oxygen atoms in total. The molecule has 3 heterocycles. The lowest BCUT2D eigenvalue weighted by Gasteiger charge is -2.37. The van der Waals surface area contributed by atoms with Gasteiger partial charge in [-0.05, 0) is 25.1 Å². The Bertz CT molecular complexity index is 1210. The van der Waals surface area contributed by atoms with E-state index in [1.165, 1.54) is 11.8 Å². The third-order valence-corrected chi connectivity index (χ3v) is 6.79. The molecule has 2 amide bonds. The lowest BCUT2D eigenvalue weighted by atomic mass is 10.1. The van der Waals surface area contributed by atoms with Gasteiger partial charge in [-0.25, -0.2) is 9.97 Å². The molecule has 5 rings (SSSR count). The minimum absolute atomic E-state index is 0.0136. The van der Waals surface area contributed by atoms with Crippen LogP contribution in [0.15, 0.2) is 65.8 Å². The lowest BCUT2D eigenvalue weighted by molar-refractivity contribution is -0.145. The van der Waals surface area contributed by atoms with Gasteiger partial charge < -0.3 is 19.3 Å². The van der Waals surface area contributed by atoms with E-state index in [1.54, 1.807) is 15.9 Å². The van der Waals surface area contributed by atoms with Gasteiger partial charge in [0.25, 0.3) is 5.91 Å². The number of thioether (sulfide) groups is 1. The number of fused-ring (bicyclic) bond motifs is 1. The molecule has 0 aliphatic carbocycles. The van der Waals surface area contributed by atoms with Crippen LogP contribution in [0.3, 0.4) is 0 Å². The van der Waals surface area contributed by atoms with Gasteiger partial charge in [-0.2, -0.15) is 0 Å². The van der Waals surface area contributed by atoms with Crippen LogP contribution in [0.5, 0.6) is 11.5 Å². The fourth-order valence-electron chi connectivity index (χ4n) is 4.10. The molecular weight excluding hydrogens is 464 g/mol. The van der Waals surface area contributed by atoms with E-state index in [4.69, 9.17) is 9.47 Å². The second-order valence-electron chi connectivity index (χ2n) is 8.40. The molecule has 0 radical (unpaired) electrons. The molecule has 3 aromatic rings. The fraction of sp³-hybridized carbons (Fsp3) is 0.308. The van der Waals surface area contributed by atoms with E-state index in [0.717, 1.165) is 17.0 Å². The zero-order valence-corrected chi connectivity index (χ0v) is 20.2. The number of hydrogen-bond donors (Lipinski definition) is 0. The van der Waals surface area contributed by atoms with Crippen molar-refractivity contribution in [1.82, 2.24) is 19.8 Å². The molecule has 1 aromatic heterocycles. The predicted molar refractivity (Wildman–Crippen MR) is 132 cm³/mol. The first kappa shape index (κ1) is 23.2. The average molecular weight is 491 g/mol. The SMILES string of the molecule is Cc1cc(-c2ccccc2)nc(SCC(=O)N2CCN(C(=O)[C@H]3COc4ccccc4O3)CC2)n1. The molecule has 0 bridgehead atoms. The Morgan fingerprint density at radius 3 is 2.40 bits per heavy atom. The maximum Gasteiger partial charge on any atom is 0.267 e. The molecule has 1 saturated heterocycles. The summed E-state index contributed by atoms with van der Waals surface area (Å²) in [5.41, 5.74) is 2.72. The quantitative estimate of drug-likeness (QED) is 0.401. The van der Waals surface area contributed by atoms with Crippen molar-refractivity contribution in [3.63, 3.8) is 0 Å². The summed E-state index contributed by atoms with van der Waals surface area (Å²) in [5.74, 6) is 1.39. The average Bonchev–Trinajstić information content (AvgIpc) is 2.91. The molecule has 35 heavy (non-hydrogen) atoms. The Morgan fingerprint density at radius 2 is 1.63 bits per heavy atom. The topological polar surface area (TPSA) is 84.9 Å². The summed E-state index contributed by atoms with van der Waals surface area (Å²) in [6.45, 7) is 4.02. The molecule has 1 fully saturated rings. The Balaban J connectivity index is 1.13. The van der Waals surface area contributed by atoms with Crippen molar-refractivity contribution >= 4 is 23.6 Å². The van der Waals surface area contributed by atoms with Crippen LogP contribution in [0.4, 0.5) is 0 Å².